The Bertz CT molecular complexity index is 737. The van der Waals surface area contributed by atoms with Crippen molar-refractivity contribution in [3.05, 3.63) is 89.6 Å². The van der Waals surface area contributed by atoms with Crippen LogP contribution in [0.1, 0.15) is 36.8 Å². The fraction of sp³-hybridized carbons (Fsp3) is 0.261. The Hall–Kier alpha value is -2.81. The van der Waals surface area contributed by atoms with Crippen LogP contribution in [0.5, 0.6) is 0 Å². The summed E-state index contributed by atoms with van der Waals surface area (Å²) in [6, 6.07) is 21.4. The van der Waals surface area contributed by atoms with E-state index in [4.69, 9.17) is 4.74 Å². The Morgan fingerprint density at radius 2 is 1.69 bits per heavy atom. The van der Waals surface area contributed by atoms with Gasteiger partial charge in [0.05, 0.1) is 12.7 Å². The number of hydrogen-bond donors (Lipinski definition) is 1. The van der Waals surface area contributed by atoms with Crippen LogP contribution in [0.3, 0.4) is 0 Å². The molecular formula is C23H25NO2. The number of methoxy groups -OCH3 is 1. The predicted octanol–water partition coefficient (Wildman–Crippen LogP) is 4.71. The Morgan fingerprint density at radius 1 is 1.08 bits per heavy atom. The van der Waals surface area contributed by atoms with Crippen molar-refractivity contribution in [2.75, 3.05) is 7.11 Å². The molecule has 2 aromatic carbocycles. The summed E-state index contributed by atoms with van der Waals surface area (Å²) in [5.74, 6) is -0.230. The number of esters is 1. The number of allylic oxidation sites excluding steroid dienone is 1. The summed E-state index contributed by atoms with van der Waals surface area (Å²) in [5, 5.41) is 3.35. The molecule has 3 heteroatoms. The van der Waals surface area contributed by atoms with E-state index in [1.54, 1.807) is 0 Å². The van der Waals surface area contributed by atoms with Gasteiger partial charge in [0.1, 0.15) is 0 Å². The van der Waals surface area contributed by atoms with Gasteiger partial charge in [-0.15, -0.1) is 0 Å². The highest BCUT2D eigenvalue weighted by Crippen LogP contribution is 2.25. The molecule has 0 radical (unpaired) electrons. The van der Waals surface area contributed by atoms with Gasteiger partial charge in [-0.05, 0) is 42.4 Å². The van der Waals surface area contributed by atoms with Crippen LogP contribution in [0.25, 0.3) is 5.57 Å². The number of carbonyl (C=O) groups is 1. The molecule has 0 amide bonds. The Morgan fingerprint density at radius 3 is 2.19 bits per heavy atom. The smallest absolute Gasteiger partial charge is 0.335 e. The molecule has 0 spiro atoms. The summed E-state index contributed by atoms with van der Waals surface area (Å²) in [6.45, 7) is 0. The first-order valence-corrected chi connectivity index (χ1v) is 9.12. The highest BCUT2D eigenvalue weighted by molar-refractivity contribution is 5.88. The minimum atomic E-state index is -0.230. The van der Waals surface area contributed by atoms with E-state index in [2.05, 4.69) is 59.9 Å². The topological polar surface area (TPSA) is 38.3 Å². The lowest BCUT2D eigenvalue weighted by Crippen LogP contribution is -2.29. The zero-order valence-electron chi connectivity index (χ0n) is 15.2. The molecule has 0 saturated carbocycles. The second kappa shape index (κ2) is 9.04. The van der Waals surface area contributed by atoms with Crippen LogP contribution in [0.4, 0.5) is 0 Å². The number of ether oxygens (including phenoxy) is 1. The van der Waals surface area contributed by atoms with E-state index in [1.165, 1.54) is 23.8 Å². The van der Waals surface area contributed by atoms with Crippen LogP contribution in [-0.2, 0) is 9.53 Å². The standard InChI is InChI=1S/C23H25NO2/c1-26-23(25)20-15-16-21(24-17-20)13-8-14-22(18-9-4-2-5-10-18)19-11-6-3-7-12-19/h2-7,9-12,14,17,21,24H,8,13,15-16H2,1H3/t21-/m1/s1. The molecule has 26 heavy (non-hydrogen) atoms. The van der Waals surface area contributed by atoms with Crippen LogP contribution in [0, 0.1) is 0 Å². The van der Waals surface area contributed by atoms with Gasteiger partial charge in [-0.3, -0.25) is 0 Å². The zero-order valence-corrected chi connectivity index (χ0v) is 15.2. The quantitative estimate of drug-likeness (QED) is 0.769. The lowest BCUT2D eigenvalue weighted by Gasteiger charge is -2.22. The molecule has 134 valence electrons. The van der Waals surface area contributed by atoms with Crippen molar-refractivity contribution >= 4 is 11.5 Å². The third-order valence-corrected chi connectivity index (χ3v) is 4.74. The Balaban J connectivity index is 1.67. The Labute approximate surface area is 155 Å². The average molecular weight is 347 g/mol. The third kappa shape index (κ3) is 4.63. The molecule has 0 unspecified atom stereocenters. The molecule has 0 aromatic heterocycles. The second-order valence-electron chi connectivity index (χ2n) is 6.49. The number of hydrogen-bond acceptors (Lipinski definition) is 3. The molecular weight excluding hydrogens is 322 g/mol. The van der Waals surface area contributed by atoms with Crippen LogP contribution >= 0.6 is 0 Å². The van der Waals surface area contributed by atoms with E-state index in [1.807, 2.05) is 18.3 Å². The van der Waals surface area contributed by atoms with Crippen LogP contribution in [-0.4, -0.2) is 19.1 Å². The minimum absolute atomic E-state index is 0.230. The van der Waals surface area contributed by atoms with Gasteiger partial charge in [0.25, 0.3) is 0 Å². The molecule has 0 bridgehead atoms. The van der Waals surface area contributed by atoms with Crippen LogP contribution in [0.15, 0.2) is 78.5 Å². The monoisotopic (exact) mass is 347 g/mol. The molecule has 2 aromatic rings. The molecule has 3 nitrogen and oxygen atoms in total. The summed E-state index contributed by atoms with van der Waals surface area (Å²) >= 11 is 0. The van der Waals surface area contributed by atoms with Crippen molar-refractivity contribution in [2.45, 2.75) is 31.7 Å². The van der Waals surface area contributed by atoms with Gasteiger partial charge in [0.15, 0.2) is 0 Å². The van der Waals surface area contributed by atoms with E-state index >= 15 is 0 Å². The lowest BCUT2D eigenvalue weighted by atomic mass is 9.94. The molecule has 1 N–H and O–H groups in total. The summed E-state index contributed by atoms with van der Waals surface area (Å²) < 4.78 is 4.78. The van der Waals surface area contributed by atoms with Gasteiger partial charge in [-0.2, -0.15) is 0 Å². The minimum Gasteiger partial charge on any atom is -0.466 e. The summed E-state index contributed by atoms with van der Waals surface area (Å²) in [7, 11) is 1.43. The van der Waals surface area contributed by atoms with Gasteiger partial charge < -0.3 is 10.1 Å². The number of nitrogens with one attached hydrogen (secondary N) is 1. The SMILES string of the molecule is COC(=O)C1=CN[C@H](CCC=C(c2ccccc2)c2ccccc2)CC1. The number of carbonyl (C=O) groups excluding carboxylic acids is 1. The summed E-state index contributed by atoms with van der Waals surface area (Å²) in [6.07, 6.45) is 7.90. The van der Waals surface area contributed by atoms with Crippen molar-refractivity contribution in [1.82, 2.24) is 5.32 Å². The van der Waals surface area contributed by atoms with E-state index in [-0.39, 0.29) is 5.97 Å². The maximum absolute atomic E-state index is 11.6. The largest absolute Gasteiger partial charge is 0.466 e. The van der Waals surface area contributed by atoms with Crippen molar-refractivity contribution in [1.29, 1.82) is 0 Å². The predicted molar refractivity (Wildman–Crippen MR) is 105 cm³/mol. The Kier molecular flexibility index (Phi) is 6.26. The molecule has 0 saturated heterocycles. The van der Waals surface area contributed by atoms with Crippen molar-refractivity contribution in [3.63, 3.8) is 0 Å². The normalized spacial score (nSPS) is 16.2. The van der Waals surface area contributed by atoms with E-state index in [0.29, 0.717) is 6.04 Å². The molecule has 0 fully saturated rings. The third-order valence-electron chi connectivity index (χ3n) is 4.74. The first kappa shape index (κ1) is 18.0. The van der Waals surface area contributed by atoms with E-state index in [0.717, 1.165) is 31.3 Å². The second-order valence-corrected chi connectivity index (χ2v) is 6.49. The van der Waals surface area contributed by atoms with Gasteiger partial charge in [0.2, 0.25) is 0 Å². The molecule has 1 atom stereocenters. The first-order valence-electron chi connectivity index (χ1n) is 9.12. The lowest BCUT2D eigenvalue weighted by molar-refractivity contribution is -0.136. The summed E-state index contributed by atoms with van der Waals surface area (Å²) in [5.41, 5.74) is 4.48. The highest BCUT2D eigenvalue weighted by atomic mass is 16.5. The van der Waals surface area contributed by atoms with Gasteiger partial charge in [-0.25, -0.2) is 4.79 Å². The fourth-order valence-electron chi connectivity index (χ4n) is 3.29. The first-order chi connectivity index (χ1) is 12.8. The van der Waals surface area contributed by atoms with Crippen molar-refractivity contribution in [2.24, 2.45) is 0 Å². The van der Waals surface area contributed by atoms with E-state index in [9.17, 15) is 4.79 Å². The van der Waals surface area contributed by atoms with Crippen LogP contribution in [0.2, 0.25) is 0 Å². The maximum Gasteiger partial charge on any atom is 0.335 e. The molecule has 1 aliphatic heterocycles. The fourth-order valence-corrected chi connectivity index (χ4v) is 3.29. The van der Waals surface area contributed by atoms with Gasteiger partial charge >= 0.3 is 5.97 Å². The van der Waals surface area contributed by atoms with Gasteiger partial charge in [-0.1, -0.05) is 66.7 Å². The number of rotatable bonds is 6. The summed E-state index contributed by atoms with van der Waals surface area (Å²) in [4.78, 5) is 11.6. The molecule has 0 aliphatic carbocycles. The molecule has 1 aliphatic rings. The number of benzene rings is 2. The average Bonchev–Trinajstić information content (AvgIpc) is 2.72. The van der Waals surface area contributed by atoms with Crippen molar-refractivity contribution in [3.8, 4) is 0 Å². The zero-order chi connectivity index (χ0) is 18.2. The van der Waals surface area contributed by atoms with Crippen LogP contribution < -0.4 is 5.32 Å². The molecule has 1 heterocycles. The van der Waals surface area contributed by atoms with E-state index < -0.39 is 0 Å². The van der Waals surface area contributed by atoms with Gasteiger partial charge in [0, 0.05) is 12.2 Å². The highest BCUT2D eigenvalue weighted by Gasteiger charge is 2.18. The van der Waals surface area contributed by atoms with Crippen molar-refractivity contribution < 1.29 is 9.53 Å². The molecule has 3 rings (SSSR count). The maximum atomic E-state index is 11.6.